The van der Waals surface area contributed by atoms with Crippen LogP contribution < -0.4 is 11.1 Å². The highest BCUT2D eigenvalue weighted by atomic mass is 14.9. The van der Waals surface area contributed by atoms with E-state index in [-0.39, 0.29) is 6.04 Å². The Labute approximate surface area is 83.8 Å². The van der Waals surface area contributed by atoms with E-state index < -0.39 is 0 Å². The average molecular weight is 190 g/mol. The van der Waals surface area contributed by atoms with Gasteiger partial charge in [0.05, 0.1) is 0 Å². The summed E-state index contributed by atoms with van der Waals surface area (Å²) in [6.07, 6.45) is 2.57. The zero-order valence-corrected chi connectivity index (χ0v) is 8.20. The van der Waals surface area contributed by atoms with Gasteiger partial charge in [-0.2, -0.15) is 5.26 Å². The van der Waals surface area contributed by atoms with Crippen LogP contribution in [0.3, 0.4) is 0 Å². The third-order valence-corrected chi connectivity index (χ3v) is 2.02. The lowest BCUT2D eigenvalue weighted by atomic mass is 10.2. The molecule has 4 nitrogen and oxygen atoms in total. The molecule has 14 heavy (non-hydrogen) atoms. The van der Waals surface area contributed by atoms with Crippen molar-refractivity contribution < 1.29 is 0 Å². The van der Waals surface area contributed by atoms with Crippen molar-refractivity contribution in [3.63, 3.8) is 0 Å². The molecule has 0 amide bonds. The van der Waals surface area contributed by atoms with Crippen molar-refractivity contribution in [2.75, 3.05) is 11.9 Å². The lowest BCUT2D eigenvalue weighted by Gasteiger charge is -2.15. The maximum Gasteiger partial charge on any atom is 0.142 e. The van der Waals surface area contributed by atoms with Gasteiger partial charge < -0.3 is 11.1 Å². The van der Waals surface area contributed by atoms with Crippen LogP contribution in [0.2, 0.25) is 0 Å². The first-order valence-corrected chi connectivity index (χ1v) is 4.63. The molecular weight excluding hydrogens is 176 g/mol. The van der Waals surface area contributed by atoms with E-state index >= 15 is 0 Å². The normalized spacial score (nSPS) is 11.8. The van der Waals surface area contributed by atoms with Crippen LogP contribution in [0.4, 0.5) is 5.69 Å². The first kappa shape index (κ1) is 10.5. The molecule has 1 aromatic heterocycles. The van der Waals surface area contributed by atoms with Gasteiger partial charge in [0, 0.05) is 24.5 Å². The lowest BCUT2D eigenvalue weighted by molar-refractivity contribution is 0.703. The largest absolute Gasteiger partial charge is 0.381 e. The maximum absolute atomic E-state index is 8.65. The quantitative estimate of drug-likeness (QED) is 0.745. The first-order chi connectivity index (χ1) is 6.80. The first-order valence-electron chi connectivity index (χ1n) is 4.63. The smallest absolute Gasteiger partial charge is 0.142 e. The summed E-state index contributed by atoms with van der Waals surface area (Å²) < 4.78 is 0. The Hall–Kier alpha value is -1.60. The molecule has 0 aliphatic carbocycles. The average Bonchev–Trinajstić information content (AvgIpc) is 2.26. The molecule has 1 aromatic rings. The van der Waals surface area contributed by atoms with Crippen LogP contribution in [0.1, 0.15) is 19.0 Å². The Balaban J connectivity index is 2.72. The molecule has 0 aliphatic rings. The Bertz CT molecular complexity index is 325. The molecule has 0 radical (unpaired) electrons. The number of rotatable bonds is 4. The fourth-order valence-electron chi connectivity index (χ4n) is 1.14. The highest BCUT2D eigenvalue weighted by Gasteiger charge is 2.03. The SMILES string of the molecule is CCC(CN)Nc1ccnc(C#N)c1. The van der Waals surface area contributed by atoms with Crippen molar-refractivity contribution in [2.45, 2.75) is 19.4 Å². The molecule has 0 fully saturated rings. The van der Waals surface area contributed by atoms with E-state index in [0.29, 0.717) is 12.2 Å². The lowest BCUT2D eigenvalue weighted by Crippen LogP contribution is -2.27. The molecular formula is C10H14N4. The fraction of sp³-hybridized carbons (Fsp3) is 0.400. The zero-order chi connectivity index (χ0) is 10.4. The third-order valence-electron chi connectivity index (χ3n) is 2.02. The molecule has 1 rings (SSSR count). The van der Waals surface area contributed by atoms with E-state index in [2.05, 4.69) is 17.2 Å². The molecule has 3 N–H and O–H groups in total. The van der Waals surface area contributed by atoms with Crippen LogP contribution in [-0.2, 0) is 0 Å². The van der Waals surface area contributed by atoms with Crippen molar-refractivity contribution >= 4 is 5.69 Å². The number of nitrogens with one attached hydrogen (secondary N) is 1. The van der Waals surface area contributed by atoms with Gasteiger partial charge in [0.1, 0.15) is 11.8 Å². The minimum Gasteiger partial charge on any atom is -0.381 e. The van der Waals surface area contributed by atoms with Gasteiger partial charge in [0.15, 0.2) is 0 Å². The van der Waals surface area contributed by atoms with Gasteiger partial charge in [0.25, 0.3) is 0 Å². The summed E-state index contributed by atoms with van der Waals surface area (Å²) in [7, 11) is 0. The van der Waals surface area contributed by atoms with Crippen molar-refractivity contribution in [1.82, 2.24) is 4.98 Å². The summed E-state index contributed by atoms with van der Waals surface area (Å²) in [4.78, 5) is 3.88. The maximum atomic E-state index is 8.65. The minimum atomic E-state index is 0.254. The number of nitriles is 1. The predicted octanol–water partition coefficient (Wildman–Crippen LogP) is 1.10. The molecule has 1 heterocycles. The Morgan fingerprint density at radius 3 is 3.07 bits per heavy atom. The molecule has 4 heteroatoms. The van der Waals surface area contributed by atoms with Crippen molar-refractivity contribution in [3.05, 3.63) is 24.0 Å². The standard InChI is InChI=1S/C10H14N4/c1-2-8(6-11)14-9-3-4-13-10(5-9)7-12/h3-5,8H,2,6,11H2,1H3,(H,13,14). The van der Waals surface area contributed by atoms with Gasteiger partial charge in [0.2, 0.25) is 0 Å². The van der Waals surface area contributed by atoms with E-state index in [1.165, 1.54) is 0 Å². The van der Waals surface area contributed by atoms with Crippen LogP contribution in [0, 0.1) is 11.3 Å². The van der Waals surface area contributed by atoms with Gasteiger partial charge in [-0.15, -0.1) is 0 Å². The van der Waals surface area contributed by atoms with Gasteiger partial charge in [-0.05, 0) is 18.6 Å². The highest BCUT2D eigenvalue weighted by molar-refractivity contribution is 5.46. The van der Waals surface area contributed by atoms with E-state index in [1.54, 1.807) is 12.3 Å². The summed E-state index contributed by atoms with van der Waals surface area (Å²) in [6.45, 7) is 2.65. The van der Waals surface area contributed by atoms with Crippen LogP contribution in [-0.4, -0.2) is 17.6 Å². The molecule has 0 spiro atoms. The molecule has 1 unspecified atom stereocenters. The second-order valence-corrected chi connectivity index (χ2v) is 3.03. The molecule has 0 bridgehead atoms. The van der Waals surface area contributed by atoms with E-state index in [1.807, 2.05) is 12.1 Å². The van der Waals surface area contributed by atoms with Crippen LogP contribution >= 0.6 is 0 Å². The number of anilines is 1. The summed E-state index contributed by atoms with van der Waals surface area (Å²) in [5.74, 6) is 0. The van der Waals surface area contributed by atoms with Crippen molar-refractivity contribution in [1.29, 1.82) is 5.26 Å². The van der Waals surface area contributed by atoms with Crippen LogP contribution in [0.5, 0.6) is 0 Å². The Kier molecular flexibility index (Phi) is 3.89. The van der Waals surface area contributed by atoms with Gasteiger partial charge in [-0.3, -0.25) is 0 Å². The van der Waals surface area contributed by atoms with Gasteiger partial charge in [-0.1, -0.05) is 6.92 Å². The topological polar surface area (TPSA) is 74.7 Å². The number of aromatic nitrogens is 1. The molecule has 74 valence electrons. The molecule has 0 aromatic carbocycles. The number of hydrogen-bond acceptors (Lipinski definition) is 4. The van der Waals surface area contributed by atoms with Gasteiger partial charge in [-0.25, -0.2) is 4.98 Å². The number of hydrogen-bond donors (Lipinski definition) is 2. The van der Waals surface area contributed by atoms with Crippen LogP contribution in [0.25, 0.3) is 0 Å². The Morgan fingerprint density at radius 1 is 1.71 bits per heavy atom. The number of nitrogens with two attached hydrogens (primary N) is 1. The second kappa shape index (κ2) is 5.20. The summed E-state index contributed by atoms with van der Waals surface area (Å²) in [6, 6.07) is 5.80. The van der Waals surface area contributed by atoms with Crippen molar-refractivity contribution in [2.24, 2.45) is 5.73 Å². The summed E-state index contributed by atoms with van der Waals surface area (Å²) >= 11 is 0. The summed E-state index contributed by atoms with van der Waals surface area (Å²) in [5.41, 5.74) is 6.87. The molecule has 1 atom stereocenters. The molecule has 0 saturated heterocycles. The Morgan fingerprint density at radius 2 is 2.50 bits per heavy atom. The van der Waals surface area contributed by atoms with E-state index in [4.69, 9.17) is 11.0 Å². The molecule has 0 aliphatic heterocycles. The van der Waals surface area contributed by atoms with Gasteiger partial charge >= 0.3 is 0 Å². The van der Waals surface area contributed by atoms with E-state index in [9.17, 15) is 0 Å². The van der Waals surface area contributed by atoms with Crippen molar-refractivity contribution in [3.8, 4) is 6.07 Å². The molecule has 0 saturated carbocycles. The number of pyridine rings is 1. The monoisotopic (exact) mass is 190 g/mol. The summed E-state index contributed by atoms with van der Waals surface area (Å²) in [5, 5.41) is 11.9. The predicted molar refractivity (Wildman–Crippen MR) is 55.7 cm³/mol. The van der Waals surface area contributed by atoms with Crippen LogP contribution in [0.15, 0.2) is 18.3 Å². The minimum absolute atomic E-state index is 0.254. The zero-order valence-electron chi connectivity index (χ0n) is 8.20. The van der Waals surface area contributed by atoms with E-state index in [0.717, 1.165) is 12.1 Å². The number of nitrogens with zero attached hydrogens (tertiary/aromatic N) is 2. The third kappa shape index (κ3) is 2.71. The highest BCUT2D eigenvalue weighted by Crippen LogP contribution is 2.09. The second-order valence-electron chi connectivity index (χ2n) is 3.03. The fourth-order valence-corrected chi connectivity index (χ4v) is 1.14.